The molecule has 5 nitrogen and oxygen atoms in total. The van der Waals surface area contributed by atoms with Crippen molar-refractivity contribution in [1.29, 1.82) is 0 Å². The number of ether oxygens (including phenoxy) is 1. The number of hydrogen-bond donors (Lipinski definition) is 2. The van der Waals surface area contributed by atoms with Gasteiger partial charge in [-0.3, -0.25) is 4.79 Å². The molecule has 1 unspecified atom stereocenters. The fraction of sp³-hybridized carbons (Fsp3) is 0.294. The second kappa shape index (κ2) is 8.32. The zero-order chi connectivity index (χ0) is 16.7. The molecular weight excluding hydrogens is 312 g/mol. The Morgan fingerprint density at radius 3 is 2.87 bits per heavy atom. The summed E-state index contributed by atoms with van der Waals surface area (Å²) < 4.78 is 5.65. The second-order valence-corrected chi connectivity index (χ2v) is 5.92. The van der Waals surface area contributed by atoms with E-state index in [1.165, 1.54) is 16.9 Å². The van der Waals surface area contributed by atoms with E-state index in [0.29, 0.717) is 12.3 Å². The van der Waals surface area contributed by atoms with Crippen LogP contribution in [-0.4, -0.2) is 28.6 Å². The van der Waals surface area contributed by atoms with Crippen LogP contribution in [0.25, 0.3) is 0 Å². The molecule has 0 spiro atoms. The predicted octanol–water partition coefficient (Wildman–Crippen LogP) is 1.68. The lowest BCUT2D eigenvalue weighted by Gasteiger charge is -2.08. The van der Waals surface area contributed by atoms with E-state index in [0.717, 1.165) is 10.8 Å². The van der Waals surface area contributed by atoms with Crippen molar-refractivity contribution in [1.82, 2.24) is 10.3 Å². The number of carbonyl (C=O) groups is 1. The SMILES string of the molecule is C#CC(CO)NC(=O)Cc1csc(COc2ccc(C)cc2)n1. The highest BCUT2D eigenvalue weighted by Gasteiger charge is 2.11. The molecule has 0 aliphatic rings. The number of aryl methyl sites for hydroxylation is 1. The Bertz CT molecular complexity index is 689. The van der Waals surface area contributed by atoms with Crippen molar-refractivity contribution >= 4 is 17.2 Å². The summed E-state index contributed by atoms with van der Waals surface area (Å²) in [5.41, 5.74) is 1.83. The van der Waals surface area contributed by atoms with Gasteiger partial charge in [0.1, 0.15) is 23.4 Å². The maximum Gasteiger partial charge on any atom is 0.227 e. The summed E-state index contributed by atoms with van der Waals surface area (Å²) in [7, 11) is 0. The van der Waals surface area contributed by atoms with Crippen LogP contribution in [0.2, 0.25) is 0 Å². The van der Waals surface area contributed by atoms with Crippen LogP contribution >= 0.6 is 11.3 Å². The number of amides is 1. The molecule has 120 valence electrons. The number of nitrogens with one attached hydrogen (secondary N) is 1. The number of aromatic nitrogens is 1. The fourth-order valence-electron chi connectivity index (χ4n) is 1.83. The number of aliphatic hydroxyl groups is 1. The fourth-order valence-corrected chi connectivity index (χ4v) is 2.53. The monoisotopic (exact) mass is 330 g/mol. The van der Waals surface area contributed by atoms with E-state index in [-0.39, 0.29) is 18.9 Å². The summed E-state index contributed by atoms with van der Waals surface area (Å²) in [6, 6.07) is 7.12. The smallest absolute Gasteiger partial charge is 0.227 e. The van der Waals surface area contributed by atoms with Gasteiger partial charge in [0.15, 0.2) is 0 Å². The standard InChI is InChI=1S/C17H18N2O3S/c1-3-13(9-20)18-16(21)8-14-11-23-17(19-14)10-22-15-6-4-12(2)5-7-15/h1,4-7,11,13,20H,8-10H2,2H3,(H,18,21). The minimum absolute atomic E-state index is 0.124. The van der Waals surface area contributed by atoms with Crippen LogP contribution in [0.1, 0.15) is 16.3 Å². The lowest BCUT2D eigenvalue weighted by Crippen LogP contribution is -2.37. The third kappa shape index (κ3) is 5.40. The summed E-state index contributed by atoms with van der Waals surface area (Å²) in [6.07, 6.45) is 5.30. The van der Waals surface area contributed by atoms with Gasteiger partial charge < -0.3 is 15.2 Å². The lowest BCUT2D eigenvalue weighted by atomic mass is 10.2. The highest BCUT2D eigenvalue weighted by atomic mass is 32.1. The van der Waals surface area contributed by atoms with Gasteiger partial charge in [-0.1, -0.05) is 23.6 Å². The second-order valence-electron chi connectivity index (χ2n) is 4.98. The highest BCUT2D eigenvalue weighted by molar-refractivity contribution is 7.09. The number of nitrogens with zero attached hydrogens (tertiary/aromatic N) is 1. The van der Waals surface area contributed by atoms with Gasteiger partial charge in [0.05, 0.1) is 18.7 Å². The Morgan fingerprint density at radius 2 is 2.22 bits per heavy atom. The largest absolute Gasteiger partial charge is 0.486 e. The van der Waals surface area contributed by atoms with Crippen LogP contribution in [0, 0.1) is 19.3 Å². The molecule has 6 heteroatoms. The van der Waals surface area contributed by atoms with Gasteiger partial charge in [-0.15, -0.1) is 17.8 Å². The first-order chi connectivity index (χ1) is 11.1. The van der Waals surface area contributed by atoms with E-state index in [1.807, 2.05) is 36.6 Å². The summed E-state index contributed by atoms with van der Waals surface area (Å²) in [5, 5.41) is 14.1. The van der Waals surface area contributed by atoms with Crippen molar-refractivity contribution in [2.75, 3.05) is 6.61 Å². The molecule has 0 fully saturated rings. The van der Waals surface area contributed by atoms with E-state index in [2.05, 4.69) is 16.2 Å². The molecule has 2 aromatic rings. The molecule has 0 saturated carbocycles. The number of terminal acetylenes is 1. The third-order valence-electron chi connectivity index (χ3n) is 3.04. The zero-order valence-corrected chi connectivity index (χ0v) is 13.6. The van der Waals surface area contributed by atoms with E-state index < -0.39 is 6.04 Å². The van der Waals surface area contributed by atoms with E-state index in [4.69, 9.17) is 16.3 Å². The van der Waals surface area contributed by atoms with Crippen LogP contribution in [0.5, 0.6) is 5.75 Å². The van der Waals surface area contributed by atoms with Crippen molar-refractivity contribution in [2.24, 2.45) is 0 Å². The van der Waals surface area contributed by atoms with Crippen molar-refractivity contribution in [3.8, 4) is 18.1 Å². The predicted molar refractivity (Wildman–Crippen MR) is 89.2 cm³/mol. The quantitative estimate of drug-likeness (QED) is 0.758. The maximum absolute atomic E-state index is 11.8. The number of thiazole rings is 1. The van der Waals surface area contributed by atoms with Gasteiger partial charge in [0, 0.05) is 5.38 Å². The molecule has 1 aromatic heterocycles. The number of carbonyl (C=O) groups excluding carboxylic acids is 1. The van der Waals surface area contributed by atoms with Crippen LogP contribution in [0.15, 0.2) is 29.6 Å². The first-order valence-corrected chi connectivity index (χ1v) is 7.97. The molecule has 1 amide bonds. The van der Waals surface area contributed by atoms with Crippen LogP contribution in [0.3, 0.4) is 0 Å². The van der Waals surface area contributed by atoms with Crippen molar-refractivity contribution in [3.63, 3.8) is 0 Å². The van der Waals surface area contributed by atoms with Gasteiger partial charge in [-0.2, -0.15) is 0 Å². The first kappa shape index (κ1) is 17.0. The average molecular weight is 330 g/mol. The summed E-state index contributed by atoms with van der Waals surface area (Å²) in [4.78, 5) is 16.1. The average Bonchev–Trinajstić information content (AvgIpc) is 2.99. The van der Waals surface area contributed by atoms with E-state index in [1.54, 1.807) is 0 Å². The Morgan fingerprint density at radius 1 is 1.48 bits per heavy atom. The molecule has 0 saturated heterocycles. The van der Waals surface area contributed by atoms with Crippen molar-refractivity contribution in [3.05, 3.63) is 45.9 Å². The molecule has 1 aromatic carbocycles. The third-order valence-corrected chi connectivity index (χ3v) is 3.91. The first-order valence-electron chi connectivity index (χ1n) is 7.10. The molecule has 23 heavy (non-hydrogen) atoms. The molecule has 0 aliphatic heterocycles. The molecule has 2 rings (SSSR count). The Labute approximate surface area is 139 Å². The topological polar surface area (TPSA) is 71.5 Å². The summed E-state index contributed by atoms with van der Waals surface area (Å²) in [6.45, 7) is 2.09. The van der Waals surface area contributed by atoms with Crippen LogP contribution in [-0.2, 0) is 17.8 Å². The number of rotatable bonds is 7. The Balaban J connectivity index is 1.84. The van der Waals surface area contributed by atoms with Crippen LogP contribution in [0.4, 0.5) is 0 Å². The Kier molecular flexibility index (Phi) is 6.15. The summed E-state index contributed by atoms with van der Waals surface area (Å²) in [5.74, 6) is 2.81. The number of benzene rings is 1. The van der Waals surface area contributed by atoms with Crippen LogP contribution < -0.4 is 10.1 Å². The molecule has 1 heterocycles. The van der Waals surface area contributed by atoms with E-state index in [9.17, 15) is 4.79 Å². The number of hydrogen-bond acceptors (Lipinski definition) is 5. The Hall–Kier alpha value is -2.36. The minimum Gasteiger partial charge on any atom is -0.486 e. The normalized spacial score (nSPS) is 11.5. The minimum atomic E-state index is -0.662. The molecule has 0 aliphatic carbocycles. The zero-order valence-electron chi connectivity index (χ0n) is 12.8. The van der Waals surface area contributed by atoms with Crippen molar-refractivity contribution in [2.45, 2.75) is 26.0 Å². The van der Waals surface area contributed by atoms with Gasteiger partial charge >= 0.3 is 0 Å². The van der Waals surface area contributed by atoms with Gasteiger partial charge in [0.25, 0.3) is 0 Å². The molecule has 1 atom stereocenters. The molecule has 2 N–H and O–H groups in total. The maximum atomic E-state index is 11.8. The van der Waals surface area contributed by atoms with Gasteiger partial charge in [-0.25, -0.2) is 4.98 Å². The molecular formula is C17H18N2O3S. The highest BCUT2D eigenvalue weighted by Crippen LogP contribution is 2.16. The summed E-state index contributed by atoms with van der Waals surface area (Å²) >= 11 is 1.44. The lowest BCUT2D eigenvalue weighted by molar-refractivity contribution is -0.121. The van der Waals surface area contributed by atoms with Gasteiger partial charge in [-0.05, 0) is 19.1 Å². The molecule has 0 bridgehead atoms. The number of aliphatic hydroxyl groups excluding tert-OH is 1. The van der Waals surface area contributed by atoms with Crippen molar-refractivity contribution < 1.29 is 14.6 Å². The van der Waals surface area contributed by atoms with Gasteiger partial charge in [0.2, 0.25) is 5.91 Å². The molecule has 0 radical (unpaired) electrons. The van der Waals surface area contributed by atoms with E-state index >= 15 is 0 Å².